The molecule has 0 spiro atoms. The predicted octanol–water partition coefficient (Wildman–Crippen LogP) is 2.77. The highest BCUT2D eigenvalue weighted by Crippen LogP contribution is 2.40. The highest BCUT2D eigenvalue weighted by molar-refractivity contribution is 8.00. The molecule has 0 atom stereocenters. The normalized spacial score (nSPS) is 25.2. The fourth-order valence-electron chi connectivity index (χ4n) is 3.33. The van der Waals surface area contributed by atoms with Crippen molar-refractivity contribution in [3.8, 4) is 0 Å². The quantitative estimate of drug-likeness (QED) is 0.870. The molecule has 0 bridgehead atoms. The van der Waals surface area contributed by atoms with Gasteiger partial charge in [-0.05, 0) is 26.7 Å². The number of aliphatic carboxylic acids is 1. The van der Waals surface area contributed by atoms with Crippen molar-refractivity contribution in [1.29, 1.82) is 0 Å². The Morgan fingerprint density at radius 1 is 1.20 bits per heavy atom. The molecule has 2 aliphatic rings. The molecule has 0 aromatic carbocycles. The monoisotopic (exact) mass is 299 g/mol. The maximum atomic E-state index is 12.5. The van der Waals surface area contributed by atoms with E-state index in [-0.39, 0.29) is 17.1 Å². The van der Waals surface area contributed by atoms with Gasteiger partial charge in [-0.3, -0.25) is 9.59 Å². The highest BCUT2D eigenvalue weighted by Gasteiger charge is 2.43. The van der Waals surface area contributed by atoms with Crippen molar-refractivity contribution < 1.29 is 14.7 Å². The smallest absolute Gasteiger partial charge is 0.310 e. The van der Waals surface area contributed by atoms with Crippen molar-refractivity contribution in [1.82, 2.24) is 4.90 Å². The Kier molecular flexibility index (Phi) is 4.67. The van der Waals surface area contributed by atoms with Gasteiger partial charge in [-0.1, -0.05) is 19.3 Å². The number of carboxylic acid groups (broad SMARTS) is 1. The summed E-state index contributed by atoms with van der Waals surface area (Å²) in [6, 6.07) is 0. The van der Waals surface area contributed by atoms with Crippen LogP contribution >= 0.6 is 11.8 Å². The first-order valence-corrected chi connectivity index (χ1v) is 8.48. The molecule has 1 saturated heterocycles. The van der Waals surface area contributed by atoms with E-state index in [1.807, 2.05) is 16.7 Å². The first-order valence-electron chi connectivity index (χ1n) is 7.50. The van der Waals surface area contributed by atoms with Crippen LogP contribution in [0.4, 0.5) is 0 Å². The lowest BCUT2D eigenvalue weighted by atomic mass is 9.71. The fraction of sp³-hybridized carbons (Fsp3) is 0.867. The molecule has 1 heterocycles. The van der Waals surface area contributed by atoms with E-state index in [0.717, 1.165) is 38.1 Å². The minimum atomic E-state index is -0.802. The molecule has 0 radical (unpaired) electrons. The molecule has 5 heteroatoms. The van der Waals surface area contributed by atoms with Crippen LogP contribution in [0.2, 0.25) is 0 Å². The average molecular weight is 299 g/mol. The van der Waals surface area contributed by atoms with Gasteiger partial charge in [0.15, 0.2) is 0 Å². The summed E-state index contributed by atoms with van der Waals surface area (Å²) >= 11 is 1.88. The van der Waals surface area contributed by atoms with Gasteiger partial charge in [0.1, 0.15) is 0 Å². The number of thioether (sulfide) groups is 1. The van der Waals surface area contributed by atoms with Crippen molar-refractivity contribution in [2.24, 2.45) is 5.41 Å². The van der Waals surface area contributed by atoms with Crippen LogP contribution in [-0.2, 0) is 9.59 Å². The number of rotatable bonds is 3. The van der Waals surface area contributed by atoms with Crippen LogP contribution in [0.3, 0.4) is 0 Å². The maximum absolute atomic E-state index is 12.5. The summed E-state index contributed by atoms with van der Waals surface area (Å²) in [5, 5.41) is 9.56. The van der Waals surface area contributed by atoms with Gasteiger partial charge in [0, 0.05) is 30.0 Å². The number of hydrogen-bond acceptors (Lipinski definition) is 3. The van der Waals surface area contributed by atoms with Crippen LogP contribution in [0.15, 0.2) is 0 Å². The minimum absolute atomic E-state index is 0.0303. The molecule has 0 aromatic rings. The molecule has 1 aliphatic heterocycles. The first kappa shape index (κ1) is 15.7. The van der Waals surface area contributed by atoms with Gasteiger partial charge in [0.05, 0.1) is 5.41 Å². The lowest BCUT2D eigenvalue weighted by Gasteiger charge is -2.40. The van der Waals surface area contributed by atoms with E-state index in [4.69, 9.17) is 0 Å². The number of carbonyl (C=O) groups is 2. The van der Waals surface area contributed by atoms with Crippen molar-refractivity contribution in [2.75, 3.05) is 18.8 Å². The minimum Gasteiger partial charge on any atom is -0.481 e. The summed E-state index contributed by atoms with van der Waals surface area (Å²) in [5.74, 6) is 0.192. The van der Waals surface area contributed by atoms with Crippen LogP contribution in [-0.4, -0.2) is 45.5 Å². The van der Waals surface area contributed by atoms with E-state index in [1.54, 1.807) is 0 Å². The second-order valence-corrected chi connectivity index (χ2v) is 8.55. The van der Waals surface area contributed by atoms with Gasteiger partial charge in [-0.15, -0.1) is 0 Å². The Labute approximate surface area is 125 Å². The summed E-state index contributed by atoms with van der Waals surface area (Å²) < 4.78 is 0.0802. The van der Waals surface area contributed by atoms with Crippen LogP contribution in [0.1, 0.15) is 52.4 Å². The number of hydrogen-bond donors (Lipinski definition) is 1. The largest absolute Gasteiger partial charge is 0.481 e. The van der Waals surface area contributed by atoms with Crippen molar-refractivity contribution in [3.63, 3.8) is 0 Å². The van der Waals surface area contributed by atoms with E-state index >= 15 is 0 Å². The molecular weight excluding hydrogens is 274 g/mol. The van der Waals surface area contributed by atoms with Gasteiger partial charge >= 0.3 is 5.97 Å². The van der Waals surface area contributed by atoms with Crippen molar-refractivity contribution in [2.45, 2.75) is 57.1 Å². The molecule has 2 fully saturated rings. The molecule has 1 N–H and O–H groups in total. The van der Waals surface area contributed by atoms with Gasteiger partial charge in [0.2, 0.25) is 5.91 Å². The maximum Gasteiger partial charge on any atom is 0.310 e. The molecule has 2 rings (SSSR count). The summed E-state index contributed by atoms with van der Waals surface area (Å²) in [6.07, 6.45) is 4.45. The van der Waals surface area contributed by atoms with Crippen molar-refractivity contribution >= 4 is 23.6 Å². The zero-order chi connectivity index (χ0) is 14.8. The predicted molar refractivity (Wildman–Crippen MR) is 80.9 cm³/mol. The average Bonchev–Trinajstić information content (AvgIpc) is 2.38. The molecule has 0 unspecified atom stereocenters. The highest BCUT2D eigenvalue weighted by atomic mass is 32.2. The molecule has 0 aromatic heterocycles. The molecule has 4 nitrogen and oxygen atoms in total. The summed E-state index contributed by atoms with van der Waals surface area (Å²) in [4.78, 5) is 26.0. The Hall–Kier alpha value is -0.710. The van der Waals surface area contributed by atoms with Crippen LogP contribution in [0, 0.1) is 5.41 Å². The zero-order valence-corrected chi connectivity index (χ0v) is 13.3. The van der Waals surface area contributed by atoms with E-state index in [0.29, 0.717) is 12.8 Å². The zero-order valence-electron chi connectivity index (χ0n) is 12.5. The van der Waals surface area contributed by atoms with Gasteiger partial charge in [-0.25, -0.2) is 0 Å². The van der Waals surface area contributed by atoms with Gasteiger partial charge < -0.3 is 10.0 Å². The third-order valence-electron chi connectivity index (χ3n) is 4.53. The topological polar surface area (TPSA) is 57.6 Å². The Balaban J connectivity index is 2.03. The third kappa shape index (κ3) is 3.48. The molecule has 114 valence electrons. The number of nitrogens with zero attached hydrogens (tertiary/aromatic N) is 1. The standard InChI is InChI=1S/C15H25NO3S/c1-14(2)11-16(8-9-20-14)12(17)10-15(13(18)19)6-4-3-5-7-15/h3-11H2,1-2H3,(H,18,19). The number of carboxylic acids is 1. The molecule has 20 heavy (non-hydrogen) atoms. The number of carbonyl (C=O) groups excluding carboxylic acids is 1. The molecule has 1 saturated carbocycles. The third-order valence-corrected chi connectivity index (χ3v) is 5.83. The SMILES string of the molecule is CC1(C)CN(C(=O)CC2(C(=O)O)CCCCC2)CCS1. The Bertz CT molecular complexity index is 389. The number of amides is 1. The first-order chi connectivity index (χ1) is 9.35. The molecule has 1 aliphatic carbocycles. The van der Waals surface area contributed by atoms with Crippen LogP contribution in [0.5, 0.6) is 0 Å². The van der Waals surface area contributed by atoms with E-state index < -0.39 is 11.4 Å². The van der Waals surface area contributed by atoms with E-state index in [1.165, 1.54) is 0 Å². The Morgan fingerprint density at radius 3 is 2.40 bits per heavy atom. The lowest BCUT2D eigenvalue weighted by Crippen LogP contribution is -2.48. The van der Waals surface area contributed by atoms with E-state index in [2.05, 4.69) is 13.8 Å². The fourth-order valence-corrected chi connectivity index (χ4v) is 4.44. The van der Waals surface area contributed by atoms with Crippen LogP contribution in [0.25, 0.3) is 0 Å². The molecular formula is C15H25NO3S. The summed E-state index contributed by atoms with van der Waals surface area (Å²) in [5.41, 5.74) is -0.802. The van der Waals surface area contributed by atoms with Crippen molar-refractivity contribution in [3.05, 3.63) is 0 Å². The van der Waals surface area contributed by atoms with Gasteiger partial charge in [-0.2, -0.15) is 11.8 Å². The second kappa shape index (κ2) is 5.96. The second-order valence-electron chi connectivity index (χ2n) is 6.75. The van der Waals surface area contributed by atoms with Crippen LogP contribution < -0.4 is 0 Å². The lowest BCUT2D eigenvalue weighted by molar-refractivity contribution is -0.156. The summed E-state index contributed by atoms with van der Waals surface area (Å²) in [7, 11) is 0. The summed E-state index contributed by atoms with van der Waals surface area (Å²) in [6.45, 7) is 5.77. The van der Waals surface area contributed by atoms with Gasteiger partial charge in [0.25, 0.3) is 0 Å². The van der Waals surface area contributed by atoms with E-state index in [9.17, 15) is 14.7 Å². The molecule has 1 amide bonds. The Morgan fingerprint density at radius 2 is 1.85 bits per heavy atom.